The number of carbonyl (C=O) groups excluding carboxylic acids is 3. The zero-order valence-electron chi connectivity index (χ0n) is 14.8. The number of hydrogen-bond donors (Lipinski definition) is 0. The second kappa shape index (κ2) is 7.05. The Kier molecular flexibility index (Phi) is 4.61. The first-order valence-corrected chi connectivity index (χ1v) is 9.43. The molecule has 1 saturated carbocycles. The fourth-order valence-corrected chi connectivity index (χ4v) is 4.39. The van der Waals surface area contributed by atoms with Crippen molar-refractivity contribution >= 4 is 23.4 Å². The Hall–Kier alpha value is -2.44. The Balaban J connectivity index is 1.34. The van der Waals surface area contributed by atoms with Gasteiger partial charge in [-0.2, -0.15) is 0 Å². The smallest absolute Gasteiger partial charge is 0.242 e. The lowest BCUT2D eigenvalue weighted by Gasteiger charge is -2.36. The molecule has 3 fully saturated rings. The molecule has 2 atom stereocenters. The largest absolute Gasteiger partial charge is 0.368 e. The van der Waals surface area contributed by atoms with Crippen LogP contribution in [0.15, 0.2) is 24.5 Å². The monoisotopic (exact) mass is 356 g/mol. The summed E-state index contributed by atoms with van der Waals surface area (Å²) in [5.41, 5.74) is 1.10. The van der Waals surface area contributed by atoms with Crippen molar-refractivity contribution in [2.75, 3.05) is 37.6 Å². The molecule has 7 nitrogen and oxygen atoms in total. The van der Waals surface area contributed by atoms with E-state index in [0.717, 1.165) is 44.5 Å². The number of aromatic nitrogens is 1. The molecular formula is C19H24N4O3. The minimum atomic E-state index is -0.187. The van der Waals surface area contributed by atoms with E-state index >= 15 is 0 Å². The zero-order chi connectivity index (χ0) is 18.1. The molecule has 1 aromatic heterocycles. The van der Waals surface area contributed by atoms with E-state index in [9.17, 15) is 14.4 Å². The molecule has 138 valence electrons. The van der Waals surface area contributed by atoms with Crippen LogP contribution in [0.2, 0.25) is 0 Å². The van der Waals surface area contributed by atoms with Crippen molar-refractivity contribution in [2.24, 2.45) is 11.8 Å². The molecule has 1 aromatic rings. The Morgan fingerprint density at radius 3 is 2.12 bits per heavy atom. The van der Waals surface area contributed by atoms with Crippen LogP contribution in [0.25, 0.3) is 0 Å². The summed E-state index contributed by atoms with van der Waals surface area (Å²) in [6.07, 6.45) is 7.08. The molecule has 0 radical (unpaired) electrons. The van der Waals surface area contributed by atoms with E-state index < -0.39 is 0 Å². The van der Waals surface area contributed by atoms with Gasteiger partial charge >= 0.3 is 0 Å². The van der Waals surface area contributed by atoms with Crippen LogP contribution in [0, 0.1) is 11.8 Å². The van der Waals surface area contributed by atoms with Crippen LogP contribution in [0.3, 0.4) is 0 Å². The number of rotatable bonds is 3. The van der Waals surface area contributed by atoms with Gasteiger partial charge in [-0.3, -0.25) is 24.3 Å². The lowest BCUT2D eigenvalue weighted by atomic mass is 9.81. The number of likely N-dealkylation sites (tertiary alicyclic amines) is 1. The highest BCUT2D eigenvalue weighted by molar-refractivity contribution is 6.07. The fraction of sp³-hybridized carbons (Fsp3) is 0.579. The first kappa shape index (κ1) is 17.0. The fourth-order valence-electron chi connectivity index (χ4n) is 4.39. The minimum Gasteiger partial charge on any atom is -0.368 e. The molecule has 1 aliphatic carbocycles. The number of imide groups is 1. The first-order valence-electron chi connectivity index (χ1n) is 9.43. The molecule has 2 unspecified atom stereocenters. The first-order chi connectivity index (χ1) is 12.6. The number of amides is 3. The van der Waals surface area contributed by atoms with Gasteiger partial charge < -0.3 is 9.80 Å². The quantitative estimate of drug-likeness (QED) is 0.753. The Bertz CT molecular complexity index is 676. The number of pyridine rings is 1. The molecule has 7 heteroatoms. The van der Waals surface area contributed by atoms with Gasteiger partial charge in [0.25, 0.3) is 0 Å². The van der Waals surface area contributed by atoms with Gasteiger partial charge in [0.15, 0.2) is 0 Å². The summed E-state index contributed by atoms with van der Waals surface area (Å²) in [7, 11) is 0. The van der Waals surface area contributed by atoms with E-state index in [-0.39, 0.29) is 36.1 Å². The van der Waals surface area contributed by atoms with Crippen molar-refractivity contribution in [3.63, 3.8) is 0 Å². The van der Waals surface area contributed by atoms with Gasteiger partial charge in [0, 0.05) is 44.3 Å². The van der Waals surface area contributed by atoms with Gasteiger partial charge in [-0.05, 0) is 25.0 Å². The number of anilines is 1. The third kappa shape index (κ3) is 3.06. The van der Waals surface area contributed by atoms with Gasteiger partial charge in [-0.1, -0.05) is 12.8 Å². The van der Waals surface area contributed by atoms with E-state index in [4.69, 9.17) is 0 Å². The lowest BCUT2D eigenvalue weighted by Crippen LogP contribution is -2.52. The Morgan fingerprint density at radius 2 is 1.54 bits per heavy atom. The molecule has 26 heavy (non-hydrogen) atoms. The second-order valence-electron chi connectivity index (χ2n) is 7.33. The molecule has 3 aliphatic rings. The Morgan fingerprint density at radius 1 is 0.962 bits per heavy atom. The number of carbonyl (C=O) groups is 3. The highest BCUT2D eigenvalue weighted by Crippen LogP contribution is 2.37. The Labute approximate surface area is 153 Å². The lowest BCUT2D eigenvalue weighted by molar-refractivity contribution is -0.146. The van der Waals surface area contributed by atoms with Gasteiger partial charge in [-0.25, -0.2) is 0 Å². The maximum Gasteiger partial charge on any atom is 0.242 e. The molecular weight excluding hydrogens is 332 g/mol. The number of hydrogen-bond acceptors (Lipinski definition) is 5. The van der Waals surface area contributed by atoms with E-state index in [1.165, 1.54) is 4.90 Å². The van der Waals surface area contributed by atoms with Gasteiger partial charge in [0.1, 0.15) is 6.54 Å². The topological polar surface area (TPSA) is 73.8 Å². The number of fused-ring (bicyclic) bond motifs is 1. The van der Waals surface area contributed by atoms with E-state index in [0.29, 0.717) is 13.1 Å². The SMILES string of the molecule is O=C(CN1C(=O)C2CCCCC2C1=O)N1CCN(c2ccncc2)CC1. The molecule has 0 bridgehead atoms. The molecule has 2 saturated heterocycles. The standard InChI is InChI=1S/C19H24N4O3/c24-17(13-23-18(25)15-3-1-2-4-16(15)19(23)26)22-11-9-21(10-12-22)14-5-7-20-8-6-14/h5-8,15-16H,1-4,9-13H2. The normalized spacial score (nSPS) is 26.2. The van der Waals surface area contributed by atoms with Crippen LogP contribution < -0.4 is 4.90 Å². The summed E-state index contributed by atoms with van der Waals surface area (Å²) >= 11 is 0. The molecule has 0 aromatic carbocycles. The number of piperazine rings is 1. The maximum absolute atomic E-state index is 12.6. The van der Waals surface area contributed by atoms with Crippen LogP contribution in [0.4, 0.5) is 5.69 Å². The van der Waals surface area contributed by atoms with Crippen molar-refractivity contribution in [1.82, 2.24) is 14.8 Å². The maximum atomic E-state index is 12.6. The van der Waals surface area contributed by atoms with Gasteiger partial charge in [-0.15, -0.1) is 0 Å². The summed E-state index contributed by atoms with van der Waals surface area (Å²) in [5.74, 6) is -0.771. The highest BCUT2D eigenvalue weighted by atomic mass is 16.2. The zero-order valence-corrected chi connectivity index (χ0v) is 14.8. The average molecular weight is 356 g/mol. The van der Waals surface area contributed by atoms with Crippen molar-refractivity contribution in [2.45, 2.75) is 25.7 Å². The van der Waals surface area contributed by atoms with Crippen molar-refractivity contribution in [3.8, 4) is 0 Å². The number of nitrogens with zero attached hydrogens (tertiary/aromatic N) is 4. The molecule has 3 amide bonds. The van der Waals surface area contributed by atoms with Crippen molar-refractivity contribution in [1.29, 1.82) is 0 Å². The van der Waals surface area contributed by atoms with Gasteiger partial charge in [0.05, 0.1) is 11.8 Å². The van der Waals surface area contributed by atoms with E-state index in [1.54, 1.807) is 17.3 Å². The molecule has 0 N–H and O–H groups in total. The second-order valence-corrected chi connectivity index (χ2v) is 7.33. The predicted molar refractivity (Wildman–Crippen MR) is 95.2 cm³/mol. The molecule has 4 rings (SSSR count). The summed E-state index contributed by atoms with van der Waals surface area (Å²) in [4.78, 5) is 46.9. The van der Waals surface area contributed by atoms with Gasteiger partial charge in [0.2, 0.25) is 17.7 Å². The molecule has 2 aliphatic heterocycles. The molecule has 0 spiro atoms. The van der Waals surface area contributed by atoms with Crippen LogP contribution in [0.1, 0.15) is 25.7 Å². The average Bonchev–Trinajstić information content (AvgIpc) is 2.94. The molecule has 3 heterocycles. The van der Waals surface area contributed by atoms with Crippen LogP contribution in [-0.2, 0) is 14.4 Å². The van der Waals surface area contributed by atoms with Crippen LogP contribution >= 0.6 is 0 Å². The highest BCUT2D eigenvalue weighted by Gasteiger charge is 2.48. The third-order valence-electron chi connectivity index (χ3n) is 5.89. The van der Waals surface area contributed by atoms with Crippen LogP contribution in [0.5, 0.6) is 0 Å². The minimum absolute atomic E-state index is 0.0973. The van der Waals surface area contributed by atoms with Crippen molar-refractivity contribution < 1.29 is 14.4 Å². The third-order valence-corrected chi connectivity index (χ3v) is 5.89. The summed E-state index contributed by atoms with van der Waals surface area (Å²) in [6.45, 7) is 2.58. The predicted octanol–water partition coefficient (Wildman–Crippen LogP) is 0.905. The van der Waals surface area contributed by atoms with E-state index in [1.807, 2.05) is 12.1 Å². The summed E-state index contributed by atoms with van der Waals surface area (Å²) in [5, 5.41) is 0. The van der Waals surface area contributed by atoms with E-state index in [2.05, 4.69) is 9.88 Å². The summed E-state index contributed by atoms with van der Waals surface area (Å²) < 4.78 is 0. The summed E-state index contributed by atoms with van der Waals surface area (Å²) in [6, 6.07) is 3.92. The van der Waals surface area contributed by atoms with Crippen LogP contribution in [-0.4, -0.2) is 65.2 Å². The van der Waals surface area contributed by atoms with Crippen molar-refractivity contribution in [3.05, 3.63) is 24.5 Å².